The van der Waals surface area contributed by atoms with Crippen LogP contribution in [0.1, 0.15) is 47.4 Å². The van der Waals surface area contributed by atoms with E-state index in [1.165, 1.54) is 11.1 Å². The molecule has 0 radical (unpaired) electrons. The summed E-state index contributed by atoms with van der Waals surface area (Å²) in [5.41, 5.74) is 2.19. The van der Waals surface area contributed by atoms with Crippen LogP contribution in [0, 0.1) is 23.7 Å². The van der Waals surface area contributed by atoms with Crippen molar-refractivity contribution in [2.45, 2.75) is 32.6 Å². The molecule has 118 valence electrons. The molecule has 7 nitrogen and oxygen atoms in total. The quantitative estimate of drug-likeness (QED) is 0.933. The summed E-state index contributed by atoms with van der Waals surface area (Å²) in [5, 5.41) is 24.1. The predicted octanol–water partition coefficient (Wildman–Crippen LogP) is 2.19. The highest BCUT2D eigenvalue weighted by atomic mass is 16.2. The zero-order chi connectivity index (χ0) is 16.6. The lowest BCUT2D eigenvalue weighted by Crippen LogP contribution is -2.28. The van der Waals surface area contributed by atoms with Gasteiger partial charge >= 0.3 is 0 Å². The van der Waals surface area contributed by atoms with Crippen LogP contribution in [-0.2, 0) is 0 Å². The Morgan fingerprint density at radius 2 is 2.22 bits per heavy atom. The molecule has 3 rings (SSSR count). The molecule has 1 N–H and O–H groups in total. The fourth-order valence-electron chi connectivity index (χ4n) is 2.84. The minimum atomic E-state index is -0.381. The van der Waals surface area contributed by atoms with E-state index in [1.807, 2.05) is 13.8 Å². The van der Waals surface area contributed by atoms with Crippen LogP contribution in [0.5, 0.6) is 0 Å². The summed E-state index contributed by atoms with van der Waals surface area (Å²) >= 11 is 0. The maximum absolute atomic E-state index is 12.9. The molecular formula is C16H18N6O. The Kier molecular flexibility index (Phi) is 3.60. The minimum Gasteiger partial charge on any atom is -0.310 e. The molecule has 7 heteroatoms. The number of carbonyl (C=O) groups excluding carboxylic acids is 1. The van der Waals surface area contributed by atoms with E-state index in [2.05, 4.69) is 26.5 Å². The number of hydrogen-bond acceptors (Lipinski definition) is 5. The summed E-state index contributed by atoms with van der Waals surface area (Å²) in [5.74, 6) is -0.250. The normalized spacial score (nSPS) is 16.4. The minimum absolute atomic E-state index is 0.0830. The molecule has 1 aliphatic rings. The maximum atomic E-state index is 12.9. The van der Waals surface area contributed by atoms with Gasteiger partial charge in [-0.15, -0.1) is 0 Å². The van der Waals surface area contributed by atoms with Gasteiger partial charge in [-0.2, -0.15) is 20.6 Å². The Bertz CT molecular complexity index is 772. The average molecular weight is 310 g/mol. The standard InChI is InChI=1S/C16H18N6O/c1-10(16(9-17)5-6-16)14-13(11(2)20-21-14)15(23)22(3)12-4-7-18-19-8-12/h4,7-8,10H,5-6H2,1-3H3,(H,20,21). The number of aromatic amines is 1. The molecular weight excluding hydrogens is 292 g/mol. The molecule has 2 aromatic heterocycles. The van der Waals surface area contributed by atoms with Gasteiger partial charge < -0.3 is 4.90 Å². The van der Waals surface area contributed by atoms with Gasteiger partial charge in [-0.1, -0.05) is 6.92 Å². The smallest absolute Gasteiger partial charge is 0.261 e. The fourth-order valence-corrected chi connectivity index (χ4v) is 2.84. The van der Waals surface area contributed by atoms with E-state index in [0.717, 1.165) is 12.8 Å². The van der Waals surface area contributed by atoms with Gasteiger partial charge in [-0.3, -0.25) is 9.89 Å². The lowest BCUT2D eigenvalue weighted by molar-refractivity contribution is 0.0991. The van der Waals surface area contributed by atoms with Crippen molar-refractivity contribution in [2.24, 2.45) is 5.41 Å². The number of nitrogens with zero attached hydrogens (tertiary/aromatic N) is 5. The number of amides is 1. The van der Waals surface area contributed by atoms with E-state index < -0.39 is 0 Å². The molecule has 1 unspecified atom stereocenters. The van der Waals surface area contributed by atoms with Crippen molar-refractivity contribution in [3.63, 3.8) is 0 Å². The maximum Gasteiger partial charge on any atom is 0.261 e. The second-order valence-corrected chi connectivity index (χ2v) is 6.06. The van der Waals surface area contributed by atoms with E-state index in [4.69, 9.17) is 0 Å². The third-order valence-corrected chi connectivity index (χ3v) is 4.70. The van der Waals surface area contributed by atoms with E-state index >= 15 is 0 Å². The van der Waals surface area contributed by atoms with Crippen LogP contribution in [0.4, 0.5) is 5.69 Å². The van der Waals surface area contributed by atoms with Crippen LogP contribution in [0.25, 0.3) is 0 Å². The number of hydrogen-bond donors (Lipinski definition) is 1. The Morgan fingerprint density at radius 1 is 1.48 bits per heavy atom. The van der Waals surface area contributed by atoms with Crippen molar-refractivity contribution in [3.05, 3.63) is 35.4 Å². The Morgan fingerprint density at radius 3 is 2.78 bits per heavy atom. The number of carbonyl (C=O) groups is 1. The van der Waals surface area contributed by atoms with Crippen molar-refractivity contribution >= 4 is 11.6 Å². The van der Waals surface area contributed by atoms with Crippen LogP contribution >= 0.6 is 0 Å². The largest absolute Gasteiger partial charge is 0.310 e. The van der Waals surface area contributed by atoms with Gasteiger partial charge in [0.05, 0.1) is 40.8 Å². The number of H-pyrrole nitrogens is 1. The van der Waals surface area contributed by atoms with Gasteiger partial charge in [0.15, 0.2) is 0 Å². The number of anilines is 1. The molecule has 1 amide bonds. The van der Waals surface area contributed by atoms with E-state index in [9.17, 15) is 10.1 Å². The van der Waals surface area contributed by atoms with E-state index in [1.54, 1.807) is 19.3 Å². The monoisotopic (exact) mass is 310 g/mol. The molecule has 1 fully saturated rings. The summed E-state index contributed by atoms with van der Waals surface area (Å²) in [7, 11) is 1.69. The highest BCUT2D eigenvalue weighted by Gasteiger charge is 2.50. The third-order valence-electron chi connectivity index (χ3n) is 4.70. The SMILES string of the molecule is Cc1[nH]nc(C(C)C2(C#N)CC2)c1C(=O)N(C)c1ccnnc1. The highest BCUT2D eigenvalue weighted by molar-refractivity contribution is 6.07. The van der Waals surface area contributed by atoms with Gasteiger partial charge in [0.25, 0.3) is 5.91 Å². The van der Waals surface area contributed by atoms with Crippen molar-refractivity contribution in [3.8, 4) is 6.07 Å². The second kappa shape index (κ2) is 5.47. The zero-order valence-corrected chi connectivity index (χ0v) is 13.4. The number of aryl methyl sites for hydroxylation is 1. The number of aromatic nitrogens is 4. The molecule has 0 saturated heterocycles. The molecule has 0 spiro atoms. The average Bonchev–Trinajstić information content (AvgIpc) is 3.30. The number of nitrogens with one attached hydrogen (secondary N) is 1. The van der Waals surface area contributed by atoms with Gasteiger partial charge in [-0.05, 0) is 25.8 Å². The van der Waals surface area contributed by atoms with Crippen LogP contribution in [0.15, 0.2) is 18.5 Å². The summed E-state index contributed by atoms with van der Waals surface area (Å²) in [4.78, 5) is 14.4. The molecule has 0 aliphatic heterocycles. The molecule has 0 aromatic carbocycles. The van der Waals surface area contributed by atoms with Gasteiger partial charge in [0.1, 0.15) is 0 Å². The first-order valence-corrected chi connectivity index (χ1v) is 7.51. The molecule has 0 bridgehead atoms. The van der Waals surface area contributed by atoms with Crippen molar-refractivity contribution in [1.29, 1.82) is 5.26 Å². The number of rotatable bonds is 4. The van der Waals surface area contributed by atoms with E-state index in [0.29, 0.717) is 22.6 Å². The molecule has 2 aromatic rings. The summed E-state index contributed by atoms with van der Waals surface area (Å²) in [6.07, 6.45) is 4.79. The van der Waals surface area contributed by atoms with Gasteiger partial charge in [-0.25, -0.2) is 0 Å². The Hall–Kier alpha value is -2.75. The molecule has 23 heavy (non-hydrogen) atoms. The highest BCUT2D eigenvalue weighted by Crippen LogP contribution is 2.55. The van der Waals surface area contributed by atoms with Gasteiger partial charge in [0.2, 0.25) is 0 Å². The summed E-state index contributed by atoms with van der Waals surface area (Å²) in [6, 6.07) is 4.11. The lowest BCUT2D eigenvalue weighted by Gasteiger charge is -2.20. The first kappa shape index (κ1) is 15.2. The van der Waals surface area contributed by atoms with Crippen LogP contribution in [-0.4, -0.2) is 33.3 Å². The van der Waals surface area contributed by atoms with Crippen molar-refractivity contribution < 1.29 is 4.79 Å². The molecule has 1 aliphatic carbocycles. The topological polar surface area (TPSA) is 98.6 Å². The predicted molar refractivity (Wildman–Crippen MR) is 83.8 cm³/mol. The van der Waals surface area contributed by atoms with Crippen LogP contribution in [0.3, 0.4) is 0 Å². The van der Waals surface area contributed by atoms with Crippen LogP contribution < -0.4 is 4.90 Å². The van der Waals surface area contributed by atoms with Crippen molar-refractivity contribution in [1.82, 2.24) is 20.4 Å². The first-order chi connectivity index (χ1) is 11.0. The Labute approximate surface area is 134 Å². The van der Waals surface area contributed by atoms with Crippen LogP contribution in [0.2, 0.25) is 0 Å². The van der Waals surface area contributed by atoms with Gasteiger partial charge in [0, 0.05) is 18.7 Å². The lowest BCUT2D eigenvalue weighted by atomic mass is 9.87. The zero-order valence-electron chi connectivity index (χ0n) is 13.4. The molecule has 1 saturated carbocycles. The molecule has 2 heterocycles. The summed E-state index contributed by atoms with van der Waals surface area (Å²) in [6.45, 7) is 3.79. The third kappa shape index (κ3) is 2.46. The second-order valence-electron chi connectivity index (χ2n) is 6.06. The Balaban J connectivity index is 1.96. The van der Waals surface area contributed by atoms with E-state index in [-0.39, 0.29) is 17.2 Å². The number of nitriles is 1. The first-order valence-electron chi connectivity index (χ1n) is 7.51. The van der Waals surface area contributed by atoms with Crippen molar-refractivity contribution in [2.75, 3.05) is 11.9 Å². The summed E-state index contributed by atoms with van der Waals surface area (Å²) < 4.78 is 0. The fraction of sp³-hybridized carbons (Fsp3) is 0.438. The molecule has 1 atom stereocenters.